The molecule has 0 aliphatic heterocycles. The minimum atomic E-state index is 0.364. The van der Waals surface area contributed by atoms with E-state index in [0.717, 1.165) is 24.1 Å². The molecule has 2 fully saturated rings. The first-order valence-electron chi connectivity index (χ1n) is 7.93. The van der Waals surface area contributed by atoms with Crippen molar-refractivity contribution in [2.75, 3.05) is 17.2 Å². The van der Waals surface area contributed by atoms with E-state index in [4.69, 9.17) is 0 Å². The summed E-state index contributed by atoms with van der Waals surface area (Å²) in [5.74, 6) is 2.83. The Morgan fingerprint density at radius 1 is 1.25 bits per heavy atom. The summed E-state index contributed by atoms with van der Waals surface area (Å²) in [6, 6.07) is 6.72. The molecule has 2 aliphatic carbocycles. The first kappa shape index (κ1) is 13.7. The Hall–Kier alpha value is -1.25. The lowest BCUT2D eigenvalue weighted by Gasteiger charge is -2.43. The molecule has 2 saturated carbocycles. The summed E-state index contributed by atoms with van der Waals surface area (Å²) in [7, 11) is 0. The van der Waals surface area contributed by atoms with Crippen molar-refractivity contribution in [2.45, 2.75) is 53.0 Å². The monoisotopic (exact) mass is 273 g/mol. The van der Waals surface area contributed by atoms with E-state index in [1.165, 1.54) is 19.3 Å². The lowest BCUT2D eigenvalue weighted by atomic mass is 9.68. The average molecular weight is 273 g/mol. The van der Waals surface area contributed by atoms with Crippen LogP contribution in [0, 0.1) is 16.7 Å². The van der Waals surface area contributed by atoms with Crippen molar-refractivity contribution in [3.05, 3.63) is 18.2 Å². The van der Waals surface area contributed by atoms with E-state index in [1.807, 2.05) is 6.07 Å². The number of rotatable bonds is 4. The second-order valence-corrected chi connectivity index (χ2v) is 7.43. The van der Waals surface area contributed by atoms with Gasteiger partial charge in [0.05, 0.1) is 0 Å². The Kier molecular flexibility index (Phi) is 3.19. The topological polar surface area (TPSA) is 37.0 Å². The summed E-state index contributed by atoms with van der Waals surface area (Å²) >= 11 is 0. The molecule has 2 bridgehead atoms. The fourth-order valence-electron chi connectivity index (χ4n) is 4.60. The van der Waals surface area contributed by atoms with Gasteiger partial charge in [-0.1, -0.05) is 26.8 Å². The molecule has 3 unspecified atom stereocenters. The van der Waals surface area contributed by atoms with Gasteiger partial charge in [0.2, 0.25) is 0 Å². The van der Waals surface area contributed by atoms with Crippen LogP contribution in [0.2, 0.25) is 0 Å². The first-order chi connectivity index (χ1) is 9.45. The third-order valence-electron chi connectivity index (χ3n) is 5.67. The maximum Gasteiger partial charge on any atom is 0.128 e. The highest BCUT2D eigenvalue weighted by Crippen LogP contribution is 2.63. The van der Waals surface area contributed by atoms with Gasteiger partial charge in [0, 0.05) is 12.6 Å². The van der Waals surface area contributed by atoms with Crippen molar-refractivity contribution in [1.29, 1.82) is 0 Å². The van der Waals surface area contributed by atoms with Crippen LogP contribution in [-0.4, -0.2) is 17.6 Å². The van der Waals surface area contributed by atoms with Gasteiger partial charge in [0.25, 0.3) is 0 Å². The van der Waals surface area contributed by atoms with Crippen molar-refractivity contribution in [3.8, 4) is 0 Å². The van der Waals surface area contributed by atoms with Crippen molar-refractivity contribution in [1.82, 2.24) is 4.98 Å². The molecule has 2 aliphatic rings. The van der Waals surface area contributed by atoms with Crippen LogP contribution in [0.3, 0.4) is 0 Å². The molecule has 3 atom stereocenters. The molecule has 0 spiro atoms. The zero-order chi connectivity index (χ0) is 14.4. The highest BCUT2D eigenvalue weighted by atomic mass is 15.1. The van der Waals surface area contributed by atoms with E-state index in [9.17, 15) is 0 Å². The Bertz CT molecular complexity index is 492. The SMILES string of the molecule is CCNc1cccc(NC2C3(C)CCC(C3)C2(C)C)n1. The van der Waals surface area contributed by atoms with Crippen molar-refractivity contribution < 1.29 is 0 Å². The molecule has 3 heteroatoms. The zero-order valence-electron chi connectivity index (χ0n) is 13.2. The number of fused-ring (bicyclic) bond motifs is 2. The number of hydrogen-bond acceptors (Lipinski definition) is 3. The Morgan fingerprint density at radius 2 is 2.00 bits per heavy atom. The van der Waals surface area contributed by atoms with Gasteiger partial charge < -0.3 is 10.6 Å². The predicted molar refractivity (Wildman–Crippen MR) is 85.0 cm³/mol. The summed E-state index contributed by atoms with van der Waals surface area (Å²) in [6.07, 6.45) is 4.11. The summed E-state index contributed by atoms with van der Waals surface area (Å²) in [5.41, 5.74) is 0.799. The largest absolute Gasteiger partial charge is 0.370 e. The van der Waals surface area contributed by atoms with Crippen molar-refractivity contribution in [3.63, 3.8) is 0 Å². The highest BCUT2D eigenvalue weighted by Gasteiger charge is 2.59. The fourth-order valence-corrected chi connectivity index (χ4v) is 4.60. The molecule has 20 heavy (non-hydrogen) atoms. The van der Waals surface area contributed by atoms with Gasteiger partial charge in [-0.05, 0) is 55.1 Å². The van der Waals surface area contributed by atoms with Crippen LogP contribution in [0.4, 0.5) is 11.6 Å². The molecular weight excluding hydrogens is 246 g/mol. The van der Waals surface area contributed by atoms with Crippen LogP contribution < -0.4 is 10.6 Å². The van der Waals surface area contributed by atoms with Crippen LogP contribution in [0.25, 0.3) is 0 Å². The van der Waals surface area contributed by atoms with Gasteiger partial charge in [-0.15, -0.1) is 0 Å². The zero-order valence-corrected chi connectivity index (χ0v) is 13.2. The lowest BCUT2D eigenvalue weighted by Crippen LogP contribution is -2.45. The second kappa shape index (κ2) is 4.64. The normalized spacial score (nSPS) is 34.2. The van der Waals surface area contributed by atoms with Crippen LogP contribution in [0.5, 0.6) is 0 Å². The lowest BCUT2D eigenvalue weighted by molar-refractivity contribution is 0.155. The van der Waals surface area contributed by atoms with Gasteiger partial charge in [0.1, 0.15) is 11.6 Å². The highest BCUT2D eigenvalue weighted by molar-refractivity contribution is 5.46. The molecule has 1 aromatic rings. The second-order valence-electron chi connectivity index (χ2n) is 7.43. The number of nitrogens with zero attached hydrogens (tertiary/aromatic N) is 1. The molecule has 3 rings (SSSR count). The van der Waals surface area contributed by atoms with E-state index < -0.39 is 0 Å². The summed E-state index contributed by atoms with van der Waals surface area (Å²) in [5, 5.41) is 7.04. The van der Waals surface area contributed by atoms with Gasteiger partial charge in [-0.3, -0.25) is 0 Å². The number of pyridine rings is 1. The molecule has 0 radical (unpaired) electrons. The average Bonchev–Trinajstić information content (AvgIpc) is 2.87. The third-order valence-corrected chi connectivity index (χ3v) is 5.67. The molecule has 1 aromatic heterocycles. The van der Waals surface area contributed by atoms with E-state index >= 15 is 0 Å². The molecule has 0 aromatic carbocycles. The van der Waals surface area contributed by atoms with Crippen LogP contribution in [0.15, 0.2) is 18.2 Å². The molecule has 0 amide bonds. The smallest absolute Gasteiger partial charge is 0.128 e. The molecular formula is C17H27N3. The minimum Gasteiger partial charge on any atom is -0.370 e. The quantitative estimate of drug-likeness (QED) is 0.865. The van der Waals surface area contributed by atoms with Gasteiger partial charge >= 0.3 is 0 Å². The maximum atomic E-state index is 4.68. The number of aromatic nitrogens is 1. The van der Waals surface area contributed by atoms with Crippen LogP contribution in [0.1, 0.15) is 47.0 Å². The number of nitrogens with one attached hydrogen (secondary N) is 2. The van der Waals surface area contributed by atoms with E-state index in [2.05, 4.69) is 55.4 Å². The molecule has 1 heterocycles. The molecule has 3 nitrogen and oxygen atoms in total. The Labute approximate surface area is 122 Å². The van der Waals surface area contributed by atoms with Crippen molar-refractivity contribution >= 4 is 11.6 Å². The minimum absolute atomic E-state index is 0.364. The standard InChI is InChI=1S/C17H27N3/c1-5-18-13-7-6-8-14(19-13)20-15-16(2,3)12-9-10-17(15,4)11-12/h6-8,12,15H,5,9-11H2,1-4H3,(H2,18,19,20). The molecule has 0 saturated heterocycles. The number of anilines is 2. The first-order valence-corrected chi connectivity index (χ1v) is 7.93. The van der Waals surface area contributed by atoms with Crippen molar-refractivity contribution in [2.24, 2.45) is 16.7 Å². The van der Waals surface area contributed by atoms with Gasteiger partial charge in [-0.25, -0.2) is 4.98 Å². The van der Waals surface area contributed by atoms with Crippen LogP contribution >= 0.6 is 0 Å². The fraction of sp³-hybridized carbons (Fsp3) is 0.706. The van der Waals surface area contributed by atoms with E-state index in [0.29, 0.717) is 16.9 Å². The Morgan fingerprint density at radius 3 is 2.65 bits per heavy atom. The Balaban J connectivity index is 1.82. The van der Waals surface area contributed by atoms with Gasteiger partial charge in [0.15, 0.2) is 0 Å². The summed E-state index contributed by atoms with van der Waals surface area (Å²) in [4.78, 5) is 4.68. The third kappa shape index (κ3) is 2.07. The number of hydrogen-bond donors (Lipinski definition) is 2. The molecule has 110 valence electrons. The summed E-state index contributed by atoms with van der Waals surface area (Å²) < 4.78 is 0. The summed E-state index contributed by atoms with van der Waals surface area (Å²) in [6.45, 7) is 10.3. The van der Waals surface area contributed by atoms with E-state index in [-0.39, 0.29) is 0 Å². The maximum absolute atomic E-state index is 4.68. The predicted octanol–water partition coefficient (Wildman–Crippen LogP) is 4.14. The van der Waals surface area contributed by atoms with E-state index in [1.54, 1.807) is 0 Å². The van der Waals surface area contributed by atoms with Gasteiger partial charge in [-0.2, -0.15) is 0 Å². The molecule has 2 N–H and O–H groups in total. The van der Waals surface area contributed by atoms with Crippen LogP contribution in [-0.2, 0) is 0 Å².